The topological polar surface area (TPSA) is 76.1 Å². The van der Waals surface area contributed by atoms with Crippen molar-refractivity contribution in [1.82, 2.24) is 8.75 Å². The van der Waals surface area contributed by atoms with E-state index in [1.54, 1.807) is 43.3 Å². The molecule has 4 aromatic rings. The van der Waals surface area contributed by atoms with Crippen molar-refractivity contribution in [2.45, 2.75) is 13.1 Å². The highest BCUT2D eigenvalue weighted by Crippen LogP contribution is 2.32. The number of hydrogen-bond acceptors (Lipinski definition) is 5. The van der Waals surface area contributed by atoms with Gasteiger partial charge in [-0.15, -0.1) is 0 Å². The van der Waals surface area contributed by atoms with E-state index in [9.17, 15) is 22.4 Å². The molecular formula is C21H14F4N4O2S. The van der Waals surface area contributed by atoms with Gasteiger partial charge < -0.3 is 15.4 Å². The summed E-state index contributed by atoms with van der Waals surface area (Å²) < 4.78 is 66.4. The normalized spacial score (nSPS) is 11.4. The van der Waals surface area contributed by atoms with E-state index in [4.69, 9.17) is 4.74 Å². The first kappa shape index (κ1) is 21.5. The number of carbonyl (C=O) groups is 1. The summed E-state index contributed by atoms with van der Waals surface area (Å²) in [7, 11) is 0. The van der Waals surface area contributed by atoms with Gasteiger partial charge in [0.2, 0.25) is 0 Å². The molecule has 2 amide bonds. The zero-order valence-electron chi connectivity index (χ0n) is 16.3. The molecule has 0 aliphatic carbocycles. The lowest BCUT2D eigenvalue weighted by Crippen LogP contribution is -2.20. The van der Waals surface area contributed by atoms with Crippen LogP contribution in [0.4, 0.5) is 33.7 Å². The number of aromatic nitrogens is 2. The predicted molar refractivity (Wildman–Crippen MR) is 113 cm³/mol. The number of amides is 2. The number of anilines is 2. The first-order valence-corrected chi connectivity index (χ1v) is 9.88. The van der Waals surface area contributed by atoms with Gasteiger partial charge in [0.15, 0.2) is 0 Å². The Morgan fingerprint density at radius 3 is 2.50 bits per heavy atom. The Morgan fingerprint density at radius 2 is 1.75 bits per heavy atom. The number of aryl methyl sites for hydroxylation is 1. The minimum Gasteiger partial charge on any atom is -0.457 e. The number of hydrogen-bond donors (Lipinski definition) is 2. The Kier molecular flexibility index (Phi) is 5.66. The van der Waals surface area contributed by atoms with E-state index in [0.29, 0.717) is 46.5 Å². The van der Waals surface area contributed by atoms with E-state index in [0.717, 1.165) is 17.2 Å². The molecule has 0 saturated carbocycles. The van der Waals surface area contributed by atoms with E-state index in [-0.39, 0.29) is 0 Å². The van der Waals surface area contributed by atoms with Crippen LogP contribution < -0.4 is 15.4 Å². The second-order valence-corrected chi connectivity index (χ2v) is 7.30. The first-order valence-electron chi connectivity index (χ1n) is 9.14. The number of carbonyl (C=O) groups excluding carboxylic acids is 1. The van der Waals surface area contributed by atoms with E-state index in [2.05, 4.69) is 19.4 Å². The third-order valence-corrected chi connectivity index (χ3v) is 4.98. The first-order chi connectivity index (χ1) is 15.2. The third kappa shape index (κ3) is 4.78. The van der Waals surface area contributed by atoms with Crippen LogP contribution in [0.1, 0.15) is 11.1 Å². The van der Waals surface area contributed by atoms with Crippen LogP contribution in [0.15, 0.2) is 54.6 Å². The van der Waals surface area contributed by atoms with Gasteiger partial charge in [0.05, 0.1) is 23.0 Å². The molecule has 0 fully saturated rings. The summed E-state index contributed by atoms with van der Waals surface area (Å²) in [5.41, 5.74) is 0.853. The van der Waals surface area contributed by atoms with Crippen LogP contribution in [0.3, 0.4) is 0 Å². The molecule has 32 heavy (non-hydrogen) atoms. The van der Waals surface area contributed by atoms with Crippen LogP contribution in [0.5, 0.6) is 11.5 Å². The summed E-state index contributed by atoms with van der Waals surface area (Å²) in [4.78, 5) is 12.2. The molecule has 1 aromatic heterocycles. The summed E-state index contributed by atoms with van der Waals surface area (Å²) in [6.45, 7) is 1.76. The smallest absolute Gasteiger partial charge is 0.416 e. The molecule has 0 saturated heterocycles. The molecule has 2 N–H and O–H groups in total. The van der Waals surface area contributed by atoms with E-state index in [1.807, 2.05) is 0 Å². The summed E-state index contributed by atoms with van der Waals surface area (Å²) in [6, 6.07) is 11.0. The Labute approximate surface area is 183 Å². The van der Waals surface area contributed by atoms with Crippen LogP contribution >= 0.6 is 11.7 Å². The number of ether oxygens (including phenoxy) is 1. The summed E-state index contributed by atoms with van der Waals surface area (Å²) >= 11 is 1.10. The second-order valence-electron chi connectivity index (χ2n) is 6.77. The molecule has 0 bridgehead atoms. The molecule has 3 aromatic carbocycles. The maximum atomic E-state index is 13.8. The molecule has 11 heteroatoms. The predicted octanol–water partition coefficient (Wildman–Crippen LogP) is 6.59. The van der Waals surface area contributed by atoms with Crippen molar-refractivity contribution >= 4 is 40.2 Å². The highest BCUT2D eigenvalue weighted by Gasteiger charge is 2.31. The highest BCUT2D eigenvalue weighted by molar-refractivity contribution is 7.00. The second kappa shape index (κ2) is 8.42. The summed E-state index contributed by atoms with van der Waals surface area (Å²) in [5, 5.41) is 4.55. The lowest BCUT2D eigenvalue weighted by Gasteiger charge is -2.13. The standard InChI is InChI=1S/C21H14F4N4O2S/c1-11-8-13(3-7-19(11)31-14-4-6-16-18(10-14)29-32-28-16)26-20(30)27-17-9-12(21(23,24)25)2-5-15(17)22/h2-10H,1H3,(H2,26,27,30). The third-order valence-electron chi connectivity index (χ3n) is 4.43. The zero-order valence-corrected chi connectivity index (χ0v) is 17.1. The van der Waals surface area contributed by atoms with Crippen LogP contribution in [0, 0.1) is 12.7 Å². The number of nitrogens with zero attached hydrogens (tertiary/aromatic N) is 2. The lowest BCUT2D eigenvalue weighted by atomic mass is 10.2. The minimum absolute atomic E-state index is 0.346. The molecule has 0 atom stereocenters. The molecular weight excluding hydrogens is 448 g/mol. The van der Waals surface area contributed by atoms with Gasteiger partial charge in [-0.3, -0.25) is 0 Å². The van der Waals surface area contributed by atoms with Gasteiger partial charge >= 0.3 is 12.2 Å². The van der Waals surface area contributed by atoms with Crippen molar-refractivity contribution < 1.29 is 27.1 Å². The minimum atomic E-state index is -4.66. The number of halogens is 4. The van der Waals surface area contributed by atoms with Crippen LogP contribution in [0.25, 0.3) is 11.0 Å². The van der Waals surface area contributed by atoms with Gasteiger partial charge in [0, 0.05) is 11.8 Å². The van der Waals surface area contributed by atoms with Crippen LogP contribution in [-0.4, -0.2) is 14.8 Å². The molecule has 6 nitrogen and oxygen atoms in total. The van der Waals surface area contributed by atoms with Crippen LogP contribution in [0.2, 0.25) is 0 Å². The zero-order chi connectivity index (χ0) is 22.9. The van der Waals surface area contributed by atoms with E-state index in [1.165, 1.54) is 0 Å². The van der Waals surface area contributed by atoms with Crippen molar-refractivity contribution in [2.24, 2.45) is 0 Å². The fourth-order valence-electron chi connectivity index (χ4n) is 2.88. The lowest BCUT2D eigenvalue weighted by molar-refractivity contribution is -0.137. The van der Waals surface area contributed by atoms with Crippen molar-refractivity contribution in [3.8, 4) is 11.5 Å². The Bertz CT molecular complexity index is 1310. The molecule has 0 aliphatic rings. The molecule has 0 aliphatic heterocycles. The quantitative estimate of drug-likeness (QED) is 0.335. The van der Waals surface area contributed by atoms with Crippen molar-refractivity contribution in [3.63, 3.8) is 0 Å². The van der Waals surface area contributed by atoms with Gasteiger partial charge in [-0.25, -0.2) is 9.18 Å². The van der Waals surface area contributed by atoms with E-state index < -0.39 is 29.3 Å². The van der Waals surface area contributed by atoms with Crippen molar-refractivity contribution in [1.29, 1.82) is 0 Å². The maximum Gasteiger partial charge on any atom is 0.416 e. The van der Waals surface area contributed by atoms with Crippen molar-refractivity contribution in [3.05, 3.63) is 71.5 Å². The number of urea groups is 1. The van der Waals surface area contributed by atoms with Gasteiger partial charge in [-0.2, -0.15) is 21.9 Å². The number of alkyl halides is 3. The van der Waals surface area contributed by atoms with E-state index >= 15 is 0 Å². The Balaban J connectivity index is 1.45. The van der Waals surface area contributed by atoms with Gasteiger partial charge in [-0.05, 0) is 61.0 Å². The average Bonchev–Trinajstić information content (AvgIpc) is 3.19. The fourth-order valence-corrected chi connectivity index (χ4v) is 3.39. The SMILES string of the molecule is Cc1cc(NC(=O)Nc2cc(C(F)(F)F)ccc2F)ccc1Oc1ccc2nsnc2c1. The number of benzene rings is 3. The monoisotopic (exact) mass is 462 g/mol. The van der Waals surface area contributed by atoms with Gasteiger partial charge in [0.1, 0.15) is 28.3 Å². The van der Waals surface area contributed by atoms with Gasteiger partial charge in [-0.1, -0.05) is 0 Å². The van der Waals surface area contributed by atoms with Crippen molar-refractivity contribution in [2.75, 3.05) is 10.6 Å². The maximum absolute atomic E-state index is 13.8. The molecule has 0 spiro atoms. The largest absolute Gasteiger partial charge is 0.457 e. The summed E-state index contributed by atoms with van der Waals surface area (Å²) in [5.74, 6) is 0.106. The van der Waals surface area contributed by atoms with Crippen LogP contribution in [-0.2, 0) is 6.18 Å². The number of nitrogens with one attached hydrogen (secondary N) is 2. The fraction of sp³-hybridized carbons (Fsp3) is 0.0952. The molecule has 164 valence electrons. The highest BCUT2D eigenvalue weighted by atomic mass is 32.1. The number of fused-ring (bicyclic) bond motifs is 1. The molecule has 0 unspecified atom stereocenters. The molecule has 4 rings (SSSR count). The average molecular weight is 462 g/mol. The Hall–Kier alpha value is -3.73. The number of rotatable bonds is 4. The Morgan fingerprint density at radius 1 is 0.969 bits per heavy atom. The summed E-state index contributed by atoms with van der Waals surface area (Å²) in [6.07, 6.45) is -4.66. The molecule has 0 radical (unpaired) electrons. The van der Waals surface area contributed by atoms with Gasteiger partial charge in [0.25, 0.3) is 0 Å². The molecule has 1 heterocycles.